The molecule has 4 N–H and O–H groups in total. The lowest BCUT2D eigenvalue weighted by Crippen LogP contribution is -2.65. The molecule has 11 nitrogen and oxygen atoms in total. The third-order valence-corrected chi connectivity index (χ3v) is 8.72. The normalized spacial score (nSPS) is 21.3. The lowest BCUT2D eigenvalue weighted by Gasteiger charge is -2.51. The van der Waals surface area contributed by atoms with Gasteiger partial charge in [-0.1, -0.05) is 18.2 Å². The van der Waals surface area contributed by atoms with Crippen LogP contribution in [0.15, 0.2) is 60.9 Å². The molecule has 3 aromatic rings. The molecule has 3 aliphatic heterocycles. The molecule has 244 valence electrons. The van der Waals surface area contributed by atoms with Gasteiger partial charge in [0.2, 0.25) is 0 Å². The van der Waals surface area contributed by atoms with E-state index in [1.807, 2.05) is 51.1 Å². The molecule has 12 heteroatoms. The van der Waals surface area contributed by atoms with Crippen LogP contribution in [0.25, 0.3) is 0 Å². The van der Waals surface area contributed by atoms with Gasteiger partial charge in [-0.3, -0.25) is 15.2 Å². The summed E-state index contributed by atoms with van der Waals surface area (Å²) >= 11 is 0. The highest BCUT2D eigenvalue weighted by Crippen LogP contribution is 2.29. The van der Waals surface area contributed by atoms with Crippen LogP contribution in [0.2, 0.25) is 0 Å². The highest BCUT2D eigenvalue weighted by molar-refractivity contribution is 6.16. The molecule has 0 aliphatic carbocycles. The number of hydrogen-bond donors (Lipinski definition) is 3. The summed E-state index contributed by atoms with van der Waals surface area (Å²) in [7, 11) is 0. The summed E-state index contributed by atoms with van der Waals surface area (Å²) in [6.45, 7) is 10.9. The molecule has 3 aliphatic rings. The molecule has 6 rings (SSSR count). The molecule has 2 aromatic carbocycles. The van der Waals surface area contributed by atoms with Crippen LogP contribution in [0.5, 0.6) is 11.5 Å². The fourth-order valence-corrected chi connectivity index (χ4v) is 6.26. The van der Waals surface area contributed by atoms with Crippen molar-refractivity contribution in [3.05, 3.63) is 72.1 Å². The van der Waals surface area contributed by atoms with Crippen LogP contribution in [0.3, 0.4) is 0 Å². The first-order valence-corrected chi connectivity index (χ1v) is 15.9. The minimum Gasteiger partial charge on any atom is -0.457 e. The standard InChI is InChI=1S/C34H43FN8O3/c1-34(2,3)46-33(44)43-16-22(17-43)15-41-18-24(19-41)42-14-13-28(27(35)20-42)40-32-29(31(37)38-21-39-32)30(36)23-9-11-26(12-10-23)45-25-7-5-4-6-8-25/h4-12,21-22,24,27-28,36H,13-20H2,1-3H3,(H3,37,38,39,40)/t27-,28-/m0/s1. The maximum Gasteiger partial charge on any atom is 0.410 e. The van der Waals surface area contributed by atoms with Crippen molar-refractivity contribution < 1.29 is 18.7 Å². The molecule has 2 atom stereocenters. The van der Waals surface area contributed by atoms with Gasteiger partial charge in [-0.05, 0) is 63.6 Å². The first-order valence-electron chi connectivity index (χ1n) is 15.9. The number of alkyl halides is 1. The number of halogens is 1. The van der Waals surface area contributed by atoms with E-state index >= 15 is 4.39 Å². The van der Waals surface area contributed by atoms with Crippen molar-refractivity contribution in [2.75, 3.05) is 56.9 Å². The average Bonchev–Trinajstić information content (AvgIpc) is 2.96. The molecule has 3 saturated heterocycles. The second-order valence-corrected chi connectivity index (χ2v) is 13.5. The van der Waals surface area contributed by atoms with E-state index in [0.29, 0.717) is 47.6 Å². The number of nitrogens with zero attached hydrogens (tertiary/aromatic N) is 5. The second-order valence-electron chi connectivity index (χ2n) is 13.5. The monoisotopic (exact) mass is 630 g/mol. The molecule has 1 aromatic heterocycles. The number of benzene rings is 2. The number of piperidine rings is 1. The number of carbonyl (C=O) groups excluding carboxylic acids is 1. The van der Waals surface area contributed by atoms with E-state index in [9.17, 15) is 4.79 Å². The number of carbonyl (C=O) groups is 1. The molecule has 1 amide bonds. The minimum absolute atomic E-state index is 0.148. The molecular weight excluding hydrogens is 587 g/mol. The highest BCUT2D eigenvalue weighted by Gasteiger charge is 2.41. The summed E-state index contributed by atoms with van der Waals surface area (Å²) in [4.78, 5) is 27.1. The Kier molecular flexibility index (Phi) is 9.10. The zero-order chi connectivity index (χ0) is 32.4. The Morgan fingerprint density at radius 1 is 1.02 bits per heavy atom. The molecule has 0 bridgehead atoms. The van der Waals surface area contributed by atoms with Gasteiger partial charge in [-0.2, -0.15) is 0 Å². The van der Waals surface area contributed by atoms with E-state index < -0.39 is 17.8 Å². The summed E-state index contributed by atoms with van der Waals surface area (Å²) in [5, 5.41) is 12.2. The molecular formula is C34H43FN8O3. The van der Waals surface area contributed by atoms with Crippen LogP contribution < -0.4 is 15.8 Å². The Morgan fingerprint density at radius 2 is 1.72 bits per heavy atom. The van der Waals surface area contributed by atoms with Crippen molar-refractivity contribution >= 4 is 23.4 Å². The number of likely N-dealkylation sites (tertiary alicyclic amines) is 3. The number of amides is 1. The fraction of sp³-hybridized carbons (Fsp3) is 0.471. The smallest absolute Gasteiger partial charge is 0.410 e. The van der Waals surface area contributed by atoms with Crippen molar-refractivity contribution in [3.8, 4) is 11.5 Å². The molecule has 0 saturated carbocycles. The summed E-state index contributed by atoms with van der Waals surface area (Å²) in [6.07, 6.45) is 0.593. The lowest BCUT2D eigenvalue weighted by molar-refractivity contribution is -0.0329. The molecule has 0 radical (unpaired) electrons. The second kappa shape index (κ2) is 13.2. The molecule has 0 unspecified atom stereocenters. The first-order chi connectivity index (χ1) is 22.0. The van der Waals surface area contributed by atoms with E-state index in [1.165, 1.54) is 6.33 Å². The van der Waals surface area contributed by atoms with Crippen LogP contribution in [0.4, 0.5) is 20.8 Å². The van der Waals surface area contributed by atoms with Crippen molar-refractivity contribution in [3.63, 3.8) is 0 Å². The van der Waals surface area contributed by atoms with Crippen LogP contribution in [0, 0.1) is 11.3 Å². The topological polar surface area (TPSA) is 133 Å². The zero-order valence-electron chi connectivity index (χ0n) is 26.7. The van der Waals surface area contributed by atoms with Gasteiger partial charge in [0, 0.05) is 63.3 Å². The summed E-state index contributed by atoms with van der Waals surface area (Å²) in [5.74, 6) is 2.34. The van der Waals surface area contributed by atoms with Gasteiger partial charge < -0.3 is 25.4 Å². The SMILES string of the molecule is CC(C)(C)OC(=O)N1CC(CN2CC(N3CC[C@H](Nc4ncnc(N)c4C(=N)c4ccc(Oc5ccccc5)cc4)[C@@H](F)C3)C2)C1. The van der Waals surface area contributed by atoms with Gasteiger partial charge in [0.25, 0.3) is 0 Å². The maximum atomic E-state index is 15.6. The summed E-state index contributed by atoms with van der Waals surface area (Å²) in [6, 6.07) is 16.5. The Hall–Kier alpha value is -4.29. The number of aromatic nitrogens is 2. The lowest BCUT2D eigenvalue weighted by atomic mass is 9.94. The fourth-order valence-electron chi connectivity index (χ4n) is 6.26. The predicted octanol–water partition coefficient (Wildman–Crippen LogP) is 4.64. The maximum absolute atomic E-state index is 15.6. The van der Waals surface area contributed by atoms with Gasteiger partial charge in [-0.15, -0.1) is 0 Å². The van der Waals surface area contributed by atoms with Gasteiger partial charge >= 0.3 is 6.09 Å². The van der Waals surface area contributed by atoms with E-state index in [-0.39, 0.29) is 17.6 Å². The van der Waals surface area contributed by atoms with Crippen LogP contribution in [-0.2, 0) is 4.74 Å². The number of nitrogens with two attached hydrogens (primary N) is 1. The molecule has 46 heavy (non-hydrogen) atoms. The third kappa shape index (κ3) is 7.39. The van der Waals surface area contributed by atoms with Crippen LogP contribution in [-0.4, -0.2) is 106 Å². The predicted molar refractivity (Wildman–Crippen MR) is 175 cm³/mol. The number of nitrogens with one attached hydrogen (secondary N) is 2. The van der Waals surface area contributed by atoms with Gasteiger partial charge in [0.15, 0.2) is 0 Å². The molecule has 0 spiro atoms. The van der Waals surface area contributed by atoms with E-state index in [0.717, 1.165) is 45.0 Å². The summed E-state index contributed by atoms with van der Waals surface area (Å²) < 4.78 is 26.9. The third-order valence-electron chi connectivity index (χ3n) is 8.72. The van der Waals surface area contributed by atoms with E-state index in [2.05, 4.69) is 25.1 Å². The first kappa shape index (κ1) is 31.7. The Morgan fingerprint density at radius 3 is 2.39 bits per heavy atom. The van der Waals surface area contributed by atoms with Gasteiger partial charge in [0.05, 0.1) is 17.3 Å². The number of hydrogen-bond acceptors (Lipinski definition) is 10. The summed E-state index contributed by atoms with van der Waals surface area (Å²) in [5.41, 5.74) is 6.87. The Balaban J connectivity index is 0.986. The van der Waals surface area contributed by atoms with Crippen molar-refractivity contribution in [1.29, 1.82) is 5.41 Å². The zero-order valence-corrected chi connectivity index (χ0v) is 26.7. The van der Waals surface area contributed by atoms with Gasteiger partial charge in [-0.25, -0.2) is 19.2 Å². The number of anilines is 2. The van der Waals surface area contributed by atoms with Crippen LogP contribution in [0.1, 0.15) is 38.3 Å². The minimum atomic E-state index is -1.11. The molecule has 3 fully saturated rings. The average molecular weight is 631 g/mol. The van der Waals surface area contributed by atoms with Crippen LogP contribution >= 0.6 is 0 Å². The van der Waals surface area contributed by atoms with Gasteiger partial charge in [0.1, 0.15) is 41.2 Å². The van der Waals surface area contributed by atoms with E-state index in [4.69, 9.17) is 20.6 Å². The number of ether oxygens (including phenoxy) is 2. The Bertz CT molecular complexity index is 1520. The van der Waals surface area contributed by atoms with Crippen molar-refractivity contribution in [1.82, 2.24) is 24.7 Å². The number of nitrogen functional groups attached to an aromatic ring is 1. The number of para-hydroxylation sites is 1. The van der Waals surface area contributed by atoms with Crippen molar-refractivity contribution in [2.45, 2.75) is 51.0 Å². The number of rotatable bonds is 9. The largest absolute Gasteiger partial charge is 0.457 e. The Labute approximate surface area is 269 Å². The van der Waals surface area contributed by atoms with Crippen molar-refractivity contribution in [2.24, 2.45) is 5.92 Å². The van der Waals surface area contributed by atoms with E-state index in [1.54, 1.807) is 29.2 Å². The highest BCUT2D eigenvalue weighted by atomic mass is 19.1. The molecule has 4 heterocycles. The quantitative estimate of drug-likeness (QED) is 0.289.